The second kappa shape index (κ2) is 9.06. The molecule has 1 amide bonds. The van der Waals surface area contributed by atoms with E-state index in [2.05, 4.69) is 25.8 Å². The molecule has 3 heterocycles. The second-order valence-electron chi connectivity index (χ2n) is 6.64. The largest absolute Gasteiger partial charge is 0.481 e. The predicted molar refractivity (Wildman–Crippen MR) is 111 cm³/mol. The van der Waals surface area contributed by atoms with Gasteiger partial charge in [-0.25, -0.2) is 9.37 Å². The number of amides is 1. The predicted octanol–water partition coefficient (Wildman–Crippen LogP) is 4.03. The van der Waals surface area contributed by atoms with Crippen LogP contribution in [0, 0.1) is 5.82 Å². The quantitative estimate of drug-likeness (QED) is 0.534. The van der Waals surface area contributed by atoms with Gasteiger partial charge in [-0.1, -0.05) is 15.9 Å². The molecule has 0 bridgehead atoms. The normalized spacial score (nSPS) is 14.9. The first-order valence-corrected chi connectivity index (χ1v) is 10.8. The van der Waals surface area contributed by atoms with Crippen molar-refractivity contribution in [3.63, 3.8) is 0 Å². The van der Waals surface area contributed by atoms with Crippen LogP contribution in [0.5, 0.6) is 5.75 Å². The van der Waals surface area contributed by atoms with Crippen LogP contribution in [0.1, 0.15) is 5.69 Å². The van der Waals surface area contributed by atoms with E-state index in [-0.39, 0.29) is 18.3 Å². The lowest BCUT2D eigenvalue weighted by Gasteiger charge is -2.34. The molecule has 9 heteroatoms. The third kappa shape index (κ3) is 5.04. The number of aromatic nitrogens is 1. The molecule has 152 valence electrons. The number of nitrogens with zero attached hydrogens (tertiary/aromatic N) is 3. The van der Waals surface area contributed by atoms with Crippen LogP contribution in [0.4, 0.5) is 4.39 Å². The van der Waals surface area contributed by atoms with E-state index in [4.69, 9.17) is 9.15 Å². The van der Waals surface area contributed by atoms with Gasteiger partial charge in [0.05, 0.1) is 12.0 Å². The van der Waals surface area contributed by atoms with E-state index in [1.807, 2.05) is 17.5 Å². The first-order valence-electron chi connectivity index (χ1n) is 9.15. The minimum atomic E-state index is -0.492. The molecule has 0 saturated carbocycles. The summed E-state index contributed by atoms with van der Waals surface area (Å²) < 4.78 is 25.2. The maximum atomic E-state index is 13.8. The zero-order valence-corrected chi connectivity index (χ0v) is 17.9. The van der Waals surface area contributed by atoms with Crippen LogP contribution in [-0.4, -0.2) is 53.5 Å². The van der Waals surface area contributed by atoms with E-state index in [0.717, 1.165) is 36.1 Å². The van der Waals surface area contributed by atoms with E-state index in [1.54, 1.807) is 28.6 Å². The lowest BCUT2D eigenvalue weighted by atomic mass is 10.3. The van der Waals surface area contributed by atoms with Crippen LogP contribution in [0.25, 0.3) is 10.8 Å². The van der Waals surface area contributed by atoms with Gasteiger partial charge in [-0.2, -0.15) is 0 Å². The van der Waals surface area contributed by atoms with Gasteiger partial charge in [0.1, 0.15) is 0 Å². The van der Waals surface area contributed by atoms with Crippen LogP contribution < -0.4 is 4.74 Å². The Hall–Kier alpha value is -2.23. The molecule has 0 radical (unpaired) electrons. The van der Waals surface area contributed by atoms with Crippen LogP contribution in [-0.2, 0) is 11.3 Å². The number of carbonyl (C=O) groups is 1. The number of thiazole rings is 1. The summed E-state index contributed by atoms with van der Waals surface area (Å²) in [5.41, 5.74) is 0.996. The minimum absolute atomic E-state index is 0.0797. The number of carbonyl (C=O) groups excluding carboxylic acids is 1. The van der Waals surface area contributed by atoms with Crippen molar-refractivity contribution in [1.82, 2.24) is 14.8 Å². The molecule has 3 aromatic rings. The van der Waals surface area contributed by atoms with Crippen LogP contribution in [0.15, 0.2) is 50.9 Å². The molecular weight excluding hydrogens is 461 g/mol. The van der Waals surface area contributed by atoms with Crippen molar-refractivity contribution in [1.29, 1.82) is 0 Å². The molecule has 0 spiro atoms. The lowest BCUT2D eigenvalue weighted by Crippen LogP contribution is -2.49. The summed E-state index contributed by atoms with van der Waals surface area (Å²) in [5, 5.41) is 2.91. The smallest absolute Gasteiger partial charge is 0.260 e. The molecule has 2 aromatic heterocycles. The Morgan fingerprint density at radius 3 is 2.83 bits per heavy atom. The Balaban J connectivity index is 1.24. The number of furan rings is 1. The number of benzene rings is 1. The summed E-state index contributed by atoms with van der Waals surface area (Å²) in [7, 11) is 0. The van der Waals surface area contributed by atoms with Crippen molar-refractivity contribution in [3.05, 3.63) is 58.0 Å². The van der Waals surface area contributed by atoms with Gasteiger partial charge in [0.25, 0.3) is 5.91 Å². The van der Waals surface area contributed by atoms with Crippen LogP contribution in [0.2, 0.25) is 0 Å². The number of hydrogen-bond donors (Lipinski definition) is 0. The van der Waals surface area contributed by atoms with Gasteiger partial charge in [0, 0.05) is 42.6 Å². The Labute approximate surface area is 180 Å². The highest BCUT2D eigenvalue weighted by molar-refractivity contribution is 9.10. The number of rotatable bonds is 6. The molecule has 1 aromatic carbocycles. The molecule has 1 aliphatic heterocycles. The van der Waals surface area contributed by atoms with Crippen molar-refractivity contribution in [2.75, 3.05) is 32.8 Å². The lowest BCUT2D eigenvalue weighted by molar-refractivity contribution is -0.135. The topological polar surface area (TPSA) is 58.8 Å². The van der Waals surface area contributed by atoms with E-state index in [9.17, 15) is 9.18 Å². The molecule has 1 fully saturated rings. The van der Waals surface area contributed by atoms with Gasteiger partial charge in [0.2, 0.25) is 0 Å². The van der Waals surface area contributed by atoms with Crippen molar-refractivity contribution in [2.24, 2.45) is 0 Å². The van der Waals surface area contributed by atoms with Crippen molar-refractivity contribution in [3.8, 4) is 16.5 Å². The Morgan fingerprint density at radius 1 is 1.28 bits per heavy atom. The maximum Gasteiger partial charge on any atom is 0.260 e. The highest BCUT2D eigenvalue weighted by Crippen LogP contribution is 2.25. The molecule has 0 aliphatic carbocycles. The minimum Gasteiger partial charge on any atom is -0.481 e. The Kier molecular flexibility index (Phi) is 6.27. The highest BCUT2D eigenvalue weighted by atomic mass is 79.9. The molecular formula is C20H19BrFN3O3S. The standard InChI is InChI=1S/C20H19BrFN3O3S/c21-14-3-4-17(16(22)10-14)28-12-19(26)25-7-5-24(6-8-25)11-15-13-29-20(23-15)18-2-1-9-27-18/h1-4,9-10,13H,5-8,11-12H2. The number of hydrogen-bond acceptors (Lipinski definition) is 6. The van der Waals surface area contributed by atoms with E-state index in [0.29, 0.717) is 17.6 Å². The molecule has 6 nitrogen and oxygen atoms in total. The highest BCUT2D eigenvalue weighted by Gasteiger charge is 2.22. The second-order valence-corrected chi connectivity index (χ2v) is 8.42. The fraction of sp³-hybridized carbons (Fsp3) is 0.300. The van der Waals surface area contributed by atoms with Gasteiger partial charge >= 0.3 is 0 Å². The average molecular weight is 480 g/mol. The monoisotopic (exact) mass is 479 g/mol. The number of ether oxygens (including phenoxy) is 1. The summed E-state index contributed by atoms with van der Waals surface area (Å²) in [6.07, 6.45) is 1.64. The SMILES string of the molecule is O=C(COc1ccc(Br)cc1F)N1CCN(Cc2csc(-c3ccco3)n2)CC1. The summed E-state index contributed by atoms with van der Waals surface area (Å²) in [6.45, 7) is 3.30. The number of piperazine rings is 1. The van der Waals surface area contributed by atoms with E-state index >= 15 is 0 Å². The van der Waals surface area contributed by atoms with Gasteiger partial charge in [0.15, 0.2) is 28.9 Å². The molecule has 1 saturated heterocycles. The van der Waals surface area contributed by atoms with Crippen molar-refractivity contribution < 1.29 is 18.3 Å². The van der Waals surface area contributed by atoms with Crippen molar-refractivity contribution in [2.45, 2.75) is 6.54 Å². The molecule has 4 rings (SSSR count). The molecule has 29 heavy (non-hydrogen) atoms. The van der Waals surface area contributed by atoms with Crippen molar-refractivity contribution >= 4 is 33.2 Å². The summed E-state index contributed by atoms with van der Waals surface area (Å²) in [5.74, 6) is 0.227. The van der Waals surface area contributed by atoms with Gasteiger partial charge < -0.3 is 14.1 Å². The van der Waals surface area contributed by atoms with Gasteiger partial charge in [-0.15, -0.1) is 11.3 Å². The Morgan fingerprint density at radius 2 is 2.10 bits per heavy atom. The third-order valence-electron chi connectivity index (χ3n) is 4.64. The molecule has 1 aliphatic rings. The molecule has 0 N–H and O–H groups in total. The summed E-state index contributed by atoms with van der Waals surface area (Å²) in [4.78, 5) is 21.0. The van der Waals surface area contributed by atoms with Crippen LogP contribution >= 0.6 is 27.3 Å². The summed E-state index contributed by atoms with van der Waals surface area (Å²) in [6, 6.07) is 8.25. The maximum absolute atomic E-state index is 13.8. The number of halogens is 2. The van der Waals surface area contributed by atoms with Gasteiger partial charge in [-0.3, -0.25) is 9.69 Å². The molecule has 0 atom stereocenters. The Bertz CT molecular complexity index is 971. The van der Waals surface area contributed by atoms with Gasteiger partial charge in [-0.05, 0) is 30.3 Å². The fourth-order valence-electron chi connectivity index (χ4n) is 3.10. The summed E-state index contributed by atoms with van der Waals surface area (Å²) >= 11 is 4.76. The van der Waals surface area contributed by atoms with E-state index in [1.165, 1.54) is 12.1 Å². The molecule has 0 unspecified atom stereocenters. The zero-order chi connectivity index (χ0) is 20.2. The zero-order valence-electron chi connectivity index (χ0n) is 15.5. The first-order chi connectivity index (χ1) is 14.1. The first kappa shape index (κ1) is 20.1. The van der Waals surface area contributed by atoms with Crippen LogP contribution in [0.3, 0.4) is 0 Å². The average Bonchev–Trinajstić information content (AvgIpc) is 3.39. The van der Waals surface area contributed by atoms with E-state index < -0.39 is 5.82 Å². The fourth-order valence-corrected chi connectivity index (χ4v) is 4.21. The third-order valence-corrected chi connectivity index (χ3v) is 6.04.